The molecule has 3 unspecified atom stereocenters. The minimum atomic E-state index is 0.463. The third-order valence-electron chi connectivity index (χ3n) is 4.83. The number of rotatable bonds is 2. The second-order valence-corrected chi connectivity index (χ2v) is 5.69. The Hall–Kier alpha value is -0.520. The van der Waals surface area contributed by atoms with E-state index in [1.165, 1.54) is 37.7 Å². The standard InChI is InChI=1S/C15H24/c1-5-11(2)13-8-9-14-12(3)7-6-10-15(13,14)4/h8,11,14H,3,5-7,9-10H2,1-2,4H3. The first kappa shape index (κ1) is 11.0. The fraction of sp³-hybridized carbons (Fsp3) is 0.733. The molecule has 1 saturated carbocycles. The first-order chi connectivity index (χ1) is 7.09. The highest BCUT2D eigenvalue weighted by atomic mass is 14.5. The smallest absolute Gasteiger partial charge is 0.00454 e. The van der Waals surface area contributed by atoms with Crippen molar-refractivity contribution in [2.24, 2.45) is 17.3 Å². The fourth-order valence-corrected chi connectivity index (χ4v) is 3.72. The lowest BCUT2D eigenvalue weighted by Crippen LogP contribution is -2.32. The van der Waals surface area contributed by atoms with Gasteiger partial charge in [0.15, 0.2) is 0 Å². The summed E-state index contributed by atoms with van der Waals surface area (Å²) in [6, 6.07) is 0. The average molecular weight is 204 g/mol. The minimum Gasteiger partial charge on any atom is -0.0995 e. The fourth-order valence-electron chi connectivity index (χ4n) is 3.72. The number of hydrogen-bond acceptors (Lipinski definition) is 0. The molecule has 0 aromatic rings. The molecule has 0 bridgehead atoms. The van der Waals surface area contributed by atoms with Gasteiger partial charge in [-0.05, 0) is 49.4 Å². The van der Waals surface area contributed by atoms with Crippen LogP contribution in [-0.4, -0.2) is 0 Å². The SMILES string of the molecule is C=C1CCCC2(C)C(C(C)CC)=CCC12. The van der Waals surface area contributed by atoms with Crippen molar-refractivity contribution in [1.29, 1.82) is 0 Å². The Morgan fingerprint density at radius 3 is 3.00 bits per heavy atom. The second-order valence-electron chi connectivity index (χ2n) is 5.69. The topological polar surface area (TPSA) is 0 Å². The molecule has 0 heterocycles. The molecule has 2 aliphatic carbocycles. The molecule has 3 atom stereocenters. The number of allylic oxidation sites excluding steroid dienone is 3. The van der Waals surface area contributed by atoms with Gasteiger partial charge in [0.25, 0.3) is 0 Å². The third kappa shape index (κ3) is 1.58. The van der Waals surface area contributed by atoms with Crippen molar-refractivity contribution in [3.8, 4) is 0 Å². The van der Waals surface area contributed by atoms with Crippen molar-refractivity contribution in [1.82, 2.24) is 0 Å². The van der Waals surface area contributed by atoms with E-state index in [9.17, 15) is 0 Å². The van der Waals surface area contributed by atoms with Crippen LogP contribution in [-0.2, 0) is 0 Å². The van der Waals surface area contributed by atoms with Crippen LogP contribution in [0.3, 0.4) is 0 Å². The van der Waals surface area contributed by atoms with Gasteiger partial charge in [0.2, 0.25) is 0 Å². The van der Waals surface area contributed by atoms with Gasteiger partial charge >= 0.3 is 0 Å². The predicted molar refractivity (Wildman–Crippen MR) is 66.7 cm³/mol. The van der Waals surface area contributed by atoms with Crippen LogP contribution in [0.4, 0.5) is 0 Å². The van der Waals surface area contributed by atoms with Crippen LogP contribution in [0.1, 0.15) is 52.9 Å². The van der Waals surface area contributed by atoms with Crippen LogP contribution in [0.25, 0.3) is 0 Å². The summed E-state index contributed by atoms with van der Waals surface area (Å²) in [7, 11) is 0. The van der Waals surface area contributed by atoms with Gasteiger partial charge in [-0.25, -0.2) is 0 Å². The van der Waals surface area contributed by atoms with Crippen molar-refractivity contribution in [3.05, 3.63) is 23.8 Å². The van der Waals surface area contributed by atoms with Crippen molar-refractivity contribution < 1.29 is 0 Å². The number of fused-ring (bicyclic) bond motifs is 1. The lowest BCUT2D eigenvalue weighted by Gasteiger charge is -2.42. The molecule has 84 valence electrons. The van der Waals surface area contributed by atoms with Gasteiger partial charge < -0.3 is 0 Å². The Balaban J connectivity index is 2.26. The van der Waals surface area contributed by atoms with Gasteiger partial charge in [-0.15, -0.1) is 0 Å². The summed E-state index contributed by atoms with van der Waals surface area (Å²) in [5.41, 5.74) is 3.71. The predicted octanol–water partition coefficient (Wildman–Crippen LogP) is 4.73. The summed E-state index contributed by atoms with van der Waals surface area (Å²) in [4.78, 5) is 0. The van der Waals surface area contributed by atoms with Crippen molar-refractivity contribution in [2.45, 2.75) is 52.9 Å². The summed E-state index contributed by atoms with van der Waals surface area (Å²) < 4.78 is 0. The molecule has 0 aliphatic heterocycles. The lowest BCUT2D eigenvalue weighted by atomic mass is 9.62. The maximum absolute atomic E-state index is 4.29. The van der Waals surface area contributed by atoms with E-state index in [2.05, 4.69) is 33.4 Å². The van der Waals surface area contributed by atoms with Crippen molar-refractivity contribution >= 4 is 0 Å². The van der Waals surface area contributed by atoms with E-state index in [0.29, 0.717) is 5.41 Å². The van der Waals surface area contributed by atoms with E-state index < -0.39 is 0 Å². The summed E-state index contributed by atoms with van der Waals surface area (Å²) in [5, 5.41) is 0. The number of hydrogen-bond donors (Lipinski definition) is 0. The zero-order chi connectivity index (χ0) is 11.1. The summed E-state index contributed by atoms with van der Waals surface area (Å²) >= 11 is 0. The van der Waals surface area contributed by atoms with E-state index >= 15 is 0 Å². The monoisotopic (exact) mass is 204 g/mol. The molecular formula is C15H24. The highest BCUT2D eigenvalue weighted by molar-refractivity contribution is 5.31. The molecule has 0 amide bonds. The van der Waals surface area contributed by atoms with Crippen molar-refractivity contribution in [2.75, 3.05) is 0 Å². The van der Waals surface area contributed by atoms with Crippen molar-refractivity contribution in [3.63, 3.8) is 0 Å². The first-order valence-electron chi connectivity index (χ1n) is 6.47. The first-order valence-corrected chi connectivity index (χ1v) is 6.47. The van der Waals surface area contributed by atoms with Crippen LogP contribution in [0.2, 0.25) is 0 Å². The Labute approximate surface area is 94.5 Å². The Bertz CT molecular complexity index is 297. The third-order valence-corrected chi connectivity index (χ3v) is 4.83. The van der Waals surface area contributed by atoms with Gasteiger partial charge in [-0.2, -0.15) is 0 Å². The molecule has 2 aliphatic rings. The van der Waals surface area contributed by atoms with Crippen LogP contribution < -0.4 is 0 Å². The van der Waals surface area contributed by atoms with Crippen LogP contribution in [0.5, 0.6) is 0 Å². The zero-order valence-electron chi connectivity index (χ0n) is 10.5. The summed E-state index contributed by atoms with van der Waals surface area (Å²) in [6.07, 6.45) is 9.05. The lowest BCUT2D eigenvalue weighted by molar-refractivity contribution is 0.218. The van der Waals surface area contributed by atoms with Crippen LogP contribution >= 0.6 is 0 Å². The molecule has 15 heavy (non-hydrogen) atoms. The zero-order valence-corrected chi connectivity index (χ0v) is 10.5. The minimum absolute atomic E-state index is 0.463. The molecular weight excluding hydrogens is 180 g/mol. The molecule has 2 rings (SSSR count). The van der Waals surface area contributed by atoms with Gasteiger partial charge in [-0.3, -0.25) is 0 Å². The van der Waals surface area contributed by atoms with Gasteiger partial charge in [0.05, 0.1) is 0 Å². The van der Waals surface area contributed by atoms with E-state index in [0.717, 1.165) is 11.8 Å². The molecule has 0 saturated heterocycles. The largest absolute Gasteiger partial charge is 0.0995 e. The molecule has 0 radical (unpaired) electrons. The molecule has 1 fully saturated rings. The molecule has 0 aromatic carbocycles. The van der Waals surface area contributed by atoms with Gasteiger partial charge in [0.1, 0.15) is 0 Å². The molecule has 0 heteroatoms. The molecule has 0 nitrogen and oxygen atoms in total. The van der Waals surface area contributed by atoms with E-state index in [-0.39, 0.29) is 0 Å². The Kier molecular flexibility index (Phi) is 2.79. The van der Waals surface area contributed by atoms with Gasteiger partial charge in [0, 0.05) is 0 Å². The van der Waals surface area contributed by atoms with E-state index in [4.69, 9.17) is 0 Å². The van der Waals surface area contributed by atoms with Gasteiger partial charge in [-0.1, -0.05) is 44.6 Å². The van der Waals surface area contributed by atoms with E-state index in [1.807, 2.05) is 0 Å². The molecule has 0 aromatic heterocycles. The van der Waals surface area contributed by atoms with E-state index in [1.54, 1.807) is 5.57 Å². The normalized spacial score (nSPS) is 37.4. The quantitative estimate of drug-likeness (QED) is 0.571. The Morgan fingerprint density at radius 1 is 1.60 bits per heavy atom. The maximum atomic E-state index is 4.29. The van der Waals surface area contributed by atoms with Crippen LogP contribution in [0.15, 0.2) is 23.8 Å². The second kappa shape index (κ2) is 3.81. The Morgan fingerprint density at radius 2 is 2.33 bits per heavy atom. The highest BCUT2D eigenvalue weighted by Crippen LogP contribution is 2.56. The van der Waals surface area contributed by atoms with Crippen LogP contribution in [0, 0.1) is 17.3 Å². The summed E-state index contributed by atoms with van der Waals surface area (Å²) in [6.45, 7) is 11.5. The maximum Gasteiger partial charge on any atom is -0.00454 e. The molecule has 0 N–H and O–H groups in total. The average Bonchev–Trinajstić information content (AvgIpc) is 2.56. The highest BCUT2D eigenvalue weighted by Gasteiger charge is 2.45. The molecule has 0 spiro atoms. The summed E-state index contributed by atoms with van der Waals surface area (Å²) in [5.74, 6) is 1.53.